The van der Waals surface area contributed by atoms with E-state index in [9.17, 15) is 0 Å². The molecular weight excluding hydrogens is 352 g/mol. The summed E-state index contributed by atoms with van der Waals surface area (Å²) in [5.74, 6) is 1.71. The Bertz CT molecular complexity index is 1030. The van der Waals surface area contributed by atoms with Crippen LogP contribution < -0.4 is 10.2 Å². The highest BCUT2D eigenvalue weighted by Crippen LogP contribution is 2.29. The minimum absolute atomic E-state index is 0.733. The van der Waals surface area contributed by atoms with E-state index in [0.717, 1.165) is 68.4 Å². The number of aryl methyl sites for hydroxylation is 1. The van der Waals surface area contributed by atoms with Crippen LogP contribution in [0.5, 0.6) is 0 Å². The van der Waals surface area contributed by atoms with E-state index in [1.165, 1.54) is 16.7 Å². The molecule has 1 saturated heterocycles. The lowest BCUT2D eigenvalue weighted by atomic mass is 9.95. The van der Waals surface area contributed by atoms with Crippen LogP contribution in [0.4, 0.5) is 5.82 Å². The normalized spacial score (nSPS) is 17.8. The van der Waals surface area contributed by atoms with Crippen molar-refractivity contribution < 1.29 is 4.74 Å². The Balaban J connectivity index is 1.57. The van der Waals surface area contributed by atoms with E-state index in [1.54, 1.807) is 6.33 Å². The second kappa shape index (κ2) is 7.33. The van der Waals surface area contributed by atoms with Crippen LogP contribution in [-0.4, -0.2) is 59.1 Å². The highest BCUT2D eigenvalue weighted by Gasteiger charge is 2.16. The van der Waals surface area contributed by atoms with Gasteiger partial charge in [0.15, 0.2) is 5.82 Å². The molecule has 2 aliphatic rings. The molecule has 5 rings (SSSR count). The zero-order valence-electron chi connectivity index (χ0n) is 16.1. The highest BCUT2D eigenvalue weighted by molar-refractivity contribution is 5.86. The zero-order chi connectivity index (χ0) is 18.9. The van der Waals surface area contributed by atoms with E-state index >= 15 is 0 Å². The number of benzene rings is 1. The monoisotopic (exact) mass is 376 g/mol. The Labute approximate surface area is 164 Å². The number of fused-ring (bicyclic) bond motifs is 1. The van der Waals surface area contributed by atoms with Crippen molar-refractivity contribution in [3.05, 3.63) is 47.9 Å². The fraction of sp³-hybridized carbons (Fsp3) is 0.381. The summed E-state index contributed by atoms with van der Waals surface area (Å²) in [7, 11) is 0. The van der Waals surface area contributed by atoms with Crippen molar-refractivity contribution in [2.24, 2.45) is 0 Å². The third-order valence-corrected chi connectivity index (χ3v) is 5.51. The summed E-state index contributed by atoms with van der Waals surface area (Å²) in [6.07, 6.45) is 6.88. The van der Waals surface area contributed by atoms with E-state index in [2.05, 4.69) is 50.4 Å². The Hall–Kier alpha value is -2.77. The van der Waals surface area contributed by atoms with E-state index in [4.69, 9.17) is 4.74 Å². The van der Waals surface area contributed by atoms with Crippen LogP contribution in [0.25, 0.3) is 22.3 Å². The van der Waals surface area contributed by atoms with Crippen molar-refractivity contribution in [3.8, 4) is 5.82 Å². The van der Waals surface area contributed by atoms with Gasteiger partial charge in [0.25, 0.3) is 0 Å². The number of hydrogen-bond acceptors (Lipinski definition) is 6. The van der Waals surface area contributed by atoms with Crippen LogP contribution in [0.15, 0.2) is 36.8 Å². The number of aromatic nitrogens is 4. The van der Waals surface area contributed by atoms with Gasteiger partial charge < -0.3 is 15.0 Å². The number of morpholine rings is 1. The molecule has 7 heteroatoms. The third kappa shape index (κ3) is 3.16. The first-order valence-corrected chi connectivity index (χ1v) is 9.83. The lowest BCUT2D eigenvalue weighted by Crippen LogP contribution is -2.36. The average Bonchev–Trinajstić information content (AvgIpc) is 3.17. The molecule has 2 aromatic heterocycles. The molecule has 0 radical (unpaired) electrons. The van der Waals surface area contributed by atoms with Gasteiger partial charge in [0.2, 0.25) is 0 Å². The summed E-state index contributed by atoms with van der Waals surface area (Å²) in [4.78, 5) is 11.2. The van der Waals surface area contributed by atoms with Gasteiger partial charge in [0, 0.05) is 31.1 Å². The predicted molar refractivity (Wildman–Crippen MR) is 110 cm³/mol. The second-order valence-corrected chi connectivity index (χ2v) is 7.30. The molecule has 4 heterocycles. The van der Waals surface area contributed by atoms with Gasteiger partial charge in [0.1, 0.15) is 12.1 Å². The third-order valence-electron chi connectivity index (χ3n) is 5.51. The first-order valence-electron chi connectivity index (χ1n) is 9.83. The number of nitrogens with zero attached hydrogens (tertiary/aromatic N) is 5. The fourth-order valence-corrected chi connectivity index (χ4v) is 4.00. The minimum Gasteiger partial charge on any atom is -0.378 e. The van der Waals surface area contributed by atoms with Crippen molar-refractivity contribution in [3.63, 3.8) is 0 Å². The number of rotatable bonds is 3. The molecule has 0 atom stereocenters. The van der Waals surface area contributed by atoms with Gasteiger partial charge in [-0.25, -0.2) is 14.6 Å². The molecule has 0 aliphatic carbocycles. The van der Waals surface area contributed by atoms with Gasteiger partial charge in [0.05, 0.1) is 24.9 Å². The fourth-order valence-electron chi connectivity index (χ4n) is 4.00. The summed E-state index contributed by atoms with van der Waals surface area (Å²) in [5, 5.41) is 9.14. The van der Waals surface area contributed by atoms with Gasteiger partial charge in [-0.1, -0.05) is 6.08 Å². The van der Waals surface area contributed by atoms with E-state index in [-0.39, 0.29) is 0 Å². The van der Waals surface area contributed by atoms with Gasteiger partial charge in [-0.15, -0.1) is 0 Å². The van der Waals surface area contributed by atoms with Crippen molar-refractivity contribution >= 4 is 22.3 Å². The maximum absolute atomic E-state index is 5.45. The quantitative estimate of drug-likeness (QED) is 0.757. The Kier molecular flexibility index (Phi) is 4.54. The van der Waals surface area contributed by atoms with Crippen molar-refractivity contribution in [2.75, 3.05) is 44.3 Å². The van der Waals surface area contributed by atoms with E-state index in [1.807, 2.05) is 16.9 Å². The lowest BCUT2D eigenvalue weighted by Gasteiger charge is -2.27. The number of hydrogen-bond donors (Lipinski definition) is 1. The van der Waals surface area contributed by atoms with E-state index in [0.29, 0.717) is 0 Å². The molecular formula is C21H24N6O. The van der Waals surface area contributed by atoms with Crippen LogP contribution in [0.3, 0.4) is 0 Å². The van der Waals surface area contributed by atoms with Crippen LogP contribution in [0.2, 0.25) is 0 Å². The lowest BCUT2D eigenvalue weighted by molar-refractivity contribution is 0.122. The summed E-state index contributed by atoms with van der Waals surface area (Å²) in [6, 6.07) is 6.49. The molecule has 2 aliphatic heterocycles. The molecule has 0 saturated carbocycles. The molecule has 3 aromatic rings. The average molecular weight is 376 g/mol. The first kappa shape index (κ1) is 17.3. The zero-order valence-corrected chi connectivity index (χ0v) is 16.1. The number of ether oxygens (including phenoxy) is 1. The summed E-state index contributed by atoms with van der Waals surface area (Å²) in [5.41, 5.74) is 5.07. The SMILES string of the molecule is Cc1cc2cnn(-c3cc(N4CCOCC4)ncn3)c2cc1C1=CCNCC1. The Morgan fingerprint density at radius 2 is 1.93 bits per heavy atom. The summed E-state index contributed by atoms with van der Waals surface area (Å²) in [6.45, 7) is 7.30. The Morgan fingerprint density at radius 1 is 1.07 bits per heavy atom. The van der Waals surface area contributed by atoms with Gasteiger partial charge in [-0.05, 0) is 48.7 Å². The molecule has 0 amide bonds. The molecule has 28 heavy (non-hydrogen) atoms. The van der Waals surface area contributed by atoms with Crippen molar-refractivity contribution in [1.29, 1.82) is 0 Å². The van der Waals surface area contributed by atoms with Crippen molar-refractivity contribution in [2.45, 2.75) is 13.3 Å². The van der Waals surface area contributed by atoms with Crippen LogP contribution in [-0.2, 0) is 4.74 Å². The topological polar surface area (TPSA) is 68.1 Å². The molecule has 144 valence electrons. The van der Waals surface area contributed by atoms with Crippen LogP contribution in [0.1, 0.15) is 17.5 Å². The first-order chi connectivity index (χ1) is 13.8. The summed E-state index contributed by atoms with van der Waals surface area (Å²) >= 11 is 0. The van der Waals surface area contributed by atoms with Crippen molar-refractivity contribution in [1.82, 2.24) is 25.1 Å². The number of nitrogens with one attached hydrogen (secondary N) is 1. The molecule has 0 unspecified atom stereocenters. The molecule has 1 N–H and O–H groups in total. The molecule has 7 nitrogen and oxygen atoms in total. The second-order valence-electron chi connectivity index (χ2n) is 7.30. The smallest absolute Gasteiger partial charge is 0.159 e. The molecule has 1 fully saturated rings. The maximum Gasteiger partial charge on any atom is 0.159 e. The standard InChI is InChI=1S/C21H24N6O/c1-15-10-17-13-25-27(19(17)11-18(15)16-2-4-22-5-3-16)21-12-20(23-14-24-21)26-6-8-28-9-7-26/h2,10-14,22H,3-9H2,1H3. The number of anilines is 1. The molecule has 1 aromatic carbocycles. The largest absolute Gasteiger partial charge is 0.378 e. The predicted octanol–water partition coefficient (Wildman–Crippen LogP) is 2.34. The van der Waals surface area contributed by atoms with Crippen LogP contribution >= 0.6 is 0 Å². The molecule has 0 bridgehead atoms. The minimum atomic E-state index is 0.733. The summed E-state index contributed by atoms with van der Waals surface area (Å²) < 4.78 is 7.37. The Morgan fingerprint density at radius 3 is 2.75 bits per heavy atom. The van der Waals surface area contributed by atoms with E-state index < -0.39 is 0 Å². The highest BCUT2D eigenvalue weighted by atomic mass is 16.5. The maximum atomic E-state index is 5.45. The van der Waals surface area contributed by atoms with Gasteiger partial charge in [-0.3, -0.25) is 0 Å². The van der Waals surface area contributed by atoms with Crippen LogP contribution in [0, 0.1) is 6.92 Å². The van der Waals surface area contributed by atoms with Gasteiger partial charge in [-0.2, -0.15) is 5.10 Å². The molecule has 0 spiro atoms. The van der Waals surface area contributed by atoms with Gasteiger partial charge >= 0.3 is 0 Å².